The van der Waals surface area contributed by atoms with E-state index in [9.17, 15) is 0 Å². The molecule has 1 saturated heterocycles. The van der Waals surface area contributed by atoms with Crippen molar-refractivity contribution in [3.63, 3.8) is 0 Å². The van der Waals surface area contributed by atoms with Crippen LogP contribution in [0.2, 0.25) is 0 Å². The third-order valence-corrected chi connectivity index (χ3v) is 4.19. The predicted octanol–water partition coefficient (Wildman–Crippen LogP) is 2.41. The van der Waals surface area contributed by atoms with Crippen LogP contribution in [0, 0.1) is 0 Å². The average molecular weight is 318 g/mol. The van der Waals surface area contributed by atoms with Crippen LogP contribution in [0.15, 0.2) is 29.3 Å². The van der Waals surface area contributed by atoms with Gasteiger partial charge in [0, 0.05) is 25.2 Å². The smallest absolute Gasteiger partial charge is 0.191 e. The summed E-state index contributed by atoms with van der Waals surface area (Å²) in [7, 11) is 3.55. The largest absolute Gasteiger partial charge is 0.496 e. The van der Waals surface area contributed by atoms with Gasteiger partial charge in [-0.3, -0.25) is 9.89 Å². The molecular formula is C18H30N4O. The van der Waals surface area contributed by atoms with Crippen molar-refractivity contribution < 1.29 is 4.74 Å². The second-order valence-corrected chi connectivity index (χ2v) is 6.25. The van der Waals surface area contributed by atoms with Gasteiger partial charge in [-0.05, 0) is 45.8 Å². The molecule has 0 aromatic heterocycles. The fourth-order valence-electron chi connectivity index (χ4n) is 3.09. The Morgan fingerprint density at radius 1 is 1.26 bits per heavy atom. The van der Waals surface area contributed by atoms with E-state index in [-0.39, 0.29) is 0 Å². The molecular weight excluding hydrogens is 288 g/mol. The van der Waals surface area contributed by atoms with E-state index >= 15 is 0 Å². The van der Waals surface area contributed by atoms with E-state index < -0.39 is 0 Å². The van der Waals surface area contributed by atoms with Gasteiger partial charge >= 0.3 is 0 Å². The minimum Gasteiger partial charge on any atom is -0.496 e. The van der Waals surface area contributed by atoms with E-state index in [0.29, 0.717) is 12.1 Å². The van der Waals surface area contributed by atoms with Gasteiger partial charge in [-0.15, -0.1) is 0 Å². The summed E-state index contributed by atoms with van der Waals surface area (Å²) in [6, 6.07) is 8.97. The Balaban J connectivity index is 2.14. The molecule has 2 N–H and O–H groups in total. The molecule has 1 unspecified atom stereocenters. The molecule has 2 rings (SSSR count). The van der Waals surface area contributed by atoms with Crippen molar-refractivity contribution in [1.29, 1.82) is 0 Å². The number of hydrogen-bond acceptors (Lipinski definition) is 3. The fourth-order valence-corrected chi connectivity index (χ4v) is 3.09. The Labute approximate surface area is 140 Å². The highest BCUT2D eigenvalue weighted by Gasteiger charge is 2.26. The number of para-hydroxylation sites is 1. The van der Waals surface area contributed by atoms with Crippen LogP contribution in [0.1, 0.15) is 38.3 Å². The molecule has 0 amide bonds. The normalized spacial score (nSPS) is 17.3. The van der Waals surface area contributed by atoms with Crippen LogP contribution in [0.3, 0.4) is 0 Å². The Kier molecular flexibility index (Phi) is 6.71. The maximum absolute atomic E-state index is 5.58. The lowest BCUT2D eigenvalue weighted by molar-refractivity contribution is 0.239. The van der Waals surface area contributed by atoms with Gasteiger partial charge in [-0.1, -0.05) is 18.2 Å². The molecule has 1 aromatic carbocycles. The van der Waals surface area contributed by atoms with Crippen molar-refractivity contribution in [3.05, 3.63) is 29.8 Å². The first-order valence-electron chi connectivity index (χ1n) is 8.50. The molecule has 0 bridgehead atoms. The van der Waals surface area contributed by atoms with Crippen LogP contribution in [-0.4, -0.2) is 50.7 Å². The quantitative estimate of drug-likeness (QED) is 0.625. The zero-order valence-electron chi connectivity index (χ0n) is 14.8. The maximum atomic E-state index is 5.58. The second kappa shape index (κ2) is 8.77. The number of nitrogens with zero attached hydrogens (tertiary/aromatic N) is 2. The maximum Gasteiger partial charge on any atom is 0.191 e. The van der Waals surface area contributed by atoms with Crippen LogP contribution in [0.5, 0.6) is 5.75 Å². The highest BCUT2D eigenvalue weighted by Crippen LogP contribution is 2.31. The molecule has 23 heavy (non-hydrogen) atoms. The minimum atomic E-state index is 0.291. The summed E-state index contributed by atoms with van der Waals surface area (Å²) in [5.41, 5.74) is 1.24. The first-order valence-corrected chi connectivity index (χ1v) is 8.50. The van der Waals surface area contributed by atoms with Gasteiger partial charge in [-0.2, -0.15) is 0 Å². The lowest BCUT2D eigenvalue weighted by atomic mass is 10.0. The first-order chi connectivity index (χ1) is 11.2. The van der Waals surface area contributed by atoms with E-state index in [0.717, 1.165) is 31.3 Å². The molecule has 1 aliphatic heterocycles. The molecule has 5 heteroatoms. The molecule has 0 saturated carbocycles. The monoisotopic (exact) mass is 318 g/mol. The van der Waals surface area contributed by atoms with Gasteiger partial charge < -0.3 is 15.4 Å². The molecule has 1 aliphatic rings. The van der Waals surface area contributed by atoms with E-state index in [1.165, 1.54) is 18.4 Å². The molecule has 0 radical (unpaired) electrons. The highest BCUT2D eigenvalue weighted by atomic mass is 16.5. The van der Waals surface area contributed by atoms with Gasteiger partial charge in [0.15, 0.2) is 5.96 Å². The van der Waals surface area contributed by atoms with Crippen LogP contribution >= 0.6 is 0 Å². The van der Waals surface area contributed by atoms with E-state index in [1.807, 2.05) is 19.2 Å². The summed E-state index contributed by atoms with van der Waals surface area (Å²) in [5, 5.41) is 6.81. The number of rotatable bonds is 6. The molecule has 1 fully saturated rings. The van der Waals surface area contributed by atoms with Crippen molar-refractivity contribution in [2.75, 3.05) is 33.8 Å². The van der Waals surface area contributed by atoms with Gasteiger partial charge in [0.1, 0.15) is 5.75 Å². The second-order valence-electron chi connectivity index (χ2n) is 6.25. The molecule has 5 nitrogen and oxygen atoms in total. The van der Waals surface area contributed by atoms with Gasteiger partial charge in [-0.25, -0.2) is 0 Å². The number of likely N-dealkylation sites (tertiary alicyclic amines) is 1. The Hall–Kier alpha value is -1.75. The van der Waals surface area contributed by atoms with E-state index in [1.54, 1.807) is 7.11 Å². The standard InChI is InChI=1S/C18H30N4O/c1-14(2)21-18(19-3)20-13-16(22-11-7-8-12-22)15-9-5-6-10-17(15)23-4/h5-6,9-10,14,16H,7-8,11-13H2,1-4H3,(H2,19,20,21). The van der Waals surface area contributed by atoms with Crippen molar-refractivity contribution in [3.8, 4) is 5.75 Å². The number of guanidine groups is 1. The first kappa shape index (κ1) is 17.6. The molecule has 1 atom stereocenters. The summed E-state index contributed by atoms with van der Waals surface area (Å²) >= 11 is 0. The topological polar surface area (TPSA) is 48.9 Å². The number of hydrogen-bond donors (Lipinski definition) is 2. The molecule has 0 aliphatic carbocycles. The molecule has 1 heterocycles. The number of ether oxygens (including phenoxy) is 1. The third kappa shape index (κ3) is 4.86. The van der Waals surface area contributed by atoms with Gasteiger partial charge in [0.05, 0.1) is 13.2 Å². The average Bonchev–Trinajstić information content (AvgIpc) is 3.08. The molecule has 128 valence electrons. The van der Waals surface area contributed by atoms with E-state index in [2.05, 4.69) is 46.5 Å². The number of benzene rings is 1. The van der Waals surface area contributed by atoms with Gasteiger partial charge in [0.25, 0.3) is 0 Å². The van der Waals surface area contributed by atoms with Crippen molar-refractivity contribution in [2.24, 2.45) is 4.99 Å². The lowest BCUT2D eigenvalue weighted by Gasteiger charge is -2.30. The number of aliphatic imine (C=N–C) groups is 1. The van der Waals surface area contributed by atoms with Crippen molar-refractivity contribution in [2.45, 2.75) is 38.8 Å². The van der Waals surface area contributed by atoms with Crippen LogP contribution < -0.4 is 15.4 Å². The van der Waals surface area contributed by atoms with Gasteiger partial charge in [0.2, 0.25) is 0 Å². The summed E-state index contributed by atoms with van der Waals surface area (Å²) in [5.74, 6) is 1.80. The summed E-state index contributed by atoms with van der Waals surface area (Å²) < 4.78 is 5.58. The number of methoxy groups -OCH3 is 1. The summed E-state index contributed by atoms with van der Waals surface area (Å²) in [4.78, 5) is 6.84. The van der Waals surface area contributed by atoms with Crippen LogP contribution in [-0.2, 0) is 0 Å². The van der Waals surface area contributed by atoms with E-state index in [4.69, 9.17) is 4.74 Å². The number of nitrogens with one attached hydrogen (secondary N) is 2. The Bertz CT molecular complexity index is 509. The summed E-state index contributed by atoms with van der Waals surface area (Å²) in [6.07, 6.45) is 2.54. The minimum absolute atomic E-state index is 0.291. The zero-order chi connectivity index (χ0) is 16.7. The Morgan fingerprint density at radius 3 is 2.57 bits per heavy atom. The highest BCUT2D eigenvalue weighted by molar-refractivity contribution is 5.79. The predicted molar refractivity (Wildman–Crippen MR) is 96.2 cm³/mol. The SMILES string of the molecule is CN=C(NCC(c1ccccc1OC)N1CCCC1)NC(C)C. The Morgan fingerprint density at radius 2 is 1.96 bits per heavy atom. The molecule has 0 spiro atoms. The fraction of sp³-hybridized carbons (Fsp3) is 0.611. The third-order valence-electron chi connectivity index (χ3n) is 4.19. The van der Waals surface area contributed by atoms with Crippen molar-refractivity contribution in [1.82, 2.24) is 15.5 Å². The zero-order valence-corrected chi connectivity index (χ0v) is 14.8. The van der Waals surface area contributed by atoms with Crippen molar-refractivity contribution >= 4 is 5.96 Å². The van der Waals surface area contributed by atoms with Crippen LogP contribution in [0.25, 0.3) is 0 Å². The van der Waals surface area contributed by atoms with Crippen LogP contribution in [0.4, 0.5) is 0 Å². The summed E-state index contributed by atoms with van der Waals surface area (Å²) in [6.45, 7) is 7.32. The molecule has 1 aromatic rings. The lowest BCUT2D eigenvalue weighted by Crippen LogP contribution is -2.44.